The van der Waals surface area contributed by atoms with Crippen LogP contribution in [0.4, 0.5) is 5.69 Å². The van der Waals surface area contributed by atoms with E-state index in [9.17, 15) is 9.59 Å². The maximum atomic E-state index is 12.4. The van der Waals surface area contributed by atoms with Crippen molar-refractivity contribution in [2.45, 2.75) is 40.5 Å². The van der Waals surface area contributed by atoms with Crippen LogP contribution in [0.1, 0.15) is 35.6 Å². The highest BCUT2D eigenvalue weighted by atomic mass is 16.5. The van der Waals surface area contributed by atoms with Crippen LogP contribution < -0.4 is 10.1 Å². The third kappa shape index (κ3) is 5.84. The van der Waals surface area contributed by atoms with Gasteiger partial charge in [-0.3, -0.25) is 9.59 Å². The predicted molar refractivity (Wildman–Crippen MR) is 113 cm³/mol. The number of hydrogen-bond acceptors (Lipinski definition) is 3. The van der Waals surface area contributed by atoms with Crippen molar-refractivity contribution >= 4 is 17.5 Å². The summed E-state index contributed by atoms with van der Waals surface area (Å²) in [6, 6.07) is 11.9. The van der Waals surface area contributed by atoms with E-state index >= 15 is 0 Å². The molecule has 0 bridgehead atoms. The molecule has 2 rings (SSSR count). The molecule has 5 nitrogen and oxygen atoms in total. The van der Waals surface area contributed by atoms with E-state index < -0.39 is 0 Å². The van der Waals surface area contributed by atoms with Gasteiger partial charge >= 0.3 is 0 Å². The highest BCUT2D eigenvalue weighted by Crippen LogP contribution is 2.22. The normalized spacial score (nSPS) is 10.5. The number of carbonyl (C=O) groups excluding carboxylic acids is 2. The topological polar surface area (TPSA) is 58.6 Å². The summed E-state index contributed by atoms with van der Waals surface area (Å²) in [5, 5.41) is 3.00. The molecule has 1 N–H and O–H groups in total. The van der Waals surface area contributed by atoms with Gasteiger partial charge in [0.25, 0.3) is 0 Å². The van der Waals surface area contributed by atoms with Crippen LogP contribution in [-0.4, -0.2) is 36.9 Å². The SMILES string of the molecule is COc1ccccc1CCN(CCC(=O)Nc1c(C)cc(C)cc1C)C(C)=O. The van der Waals surface area contributed by atoms with E-state index in [4.69, 9.17) is 4.74 Å². The zero-order valence-corrected chi connectivity index (χ0v) is 17.5. The number of ether oxygens (including phenoxy) is 1. The van der Waals surface area contributed by atoms with Crippen molar-refractivity contribution in [3.05, 3.63) is 58.7 Å². The second-order valence-corrected chi connectivity index (χ2v) is 7.14. The van der Waals surface area contributed by atoms with E-state index in [-0.39, 0.29) is 18.2 Å². The lowest BCUT2D eigenvalue weighted by molar-refractivity contribution is -0.129. The number of anilines is 1. The van der Waals surface area contributed by atoms with Crippen LogP contribution in [0.2, 0.25) is 0 Å². The quantitative estimate of drug-likeness (QED) is 0.750. The van der Waals surface area contributed by atoms with Gasteiger partial charge in [-0.1, -0.05) is 35.9 Å². The largest absolute Gasteiger partial charge is 0.496 e. The van der Waals surface area contributed by atoms with Crippen LogP contribution in [0, 0.1) is 20.8 Å². The zero-order valence-electron chi connectivity index (χ0n) is 17.5. The van der Waals surface area contributed by atoms with Gasteiger partial charge in [0.15, 0.2) is 0 Å². The fourth-order valence-corrected chi connectivity index (χ4v) is 3.41. The molecule has 0 aliphatic carbocycles. The number of carbonyl (C=O) groups is 2. The van der Waals surface area contributed by atoms with Crippen LogP contribution >= 0.6 is 0 Å². The molecule has 5 heteroatoms. The number of aryl methyl sites for hydroxylation is 3. The van der Waals surface area contributed by atoms with Crippen LogP contribution in [-0.2, 0) is 16.0 Å². The average molecular weight is 383 g/mol. The van der Waals surface area contributed by atoms with Crippen LogP contribution in [0.15, 0.2) is 36.4 Å². The van der Waals surface area contributed by atoms with Crippen molar-refractivity contribution in [3.63, 3.8) is 0 Å². The Kier molecular flexibility index (Phi) is 7.61. The molecule has 0 aliphatic rings. The molecular weight excluding hydrogens is 352 g/mol. The summed E-state index contributed by atoms with van der Waals surface area (Å²) in [5.41, 5.74) is 5.17. The van der Waals surface area contributed by atoms with Crippen molar-refractivity contribution in [1.82, 2.24) is 4.90 Å². The first-order valence-electron chi connectivity index (χ1n) is 9.57. The fraction of sp³-hybridized carbons (Fsp3) is 0.391. The molecular formula is C23H30N2O3. The molecule has 2 aromatic rings. The van der Waals surface area contributed by atoms with Gasteiger partial charge in [-0.15, -0.1) is 0 Å². The standard InChI is InChI=1S/C23H30N2O3/c1-16-14-17(2)23(18(3)15-16)24-22(27)11-13-25(19(4)26)12-10-20-8-6-7-9-21(20)28-5/h6-9,14-15H,10-13H2,1-5H3,(H,24,27). The molecule has 0 spiro atoms. The molecule has 28 heavy (non-hydrogen) atoms. The smallest absolute Gasteiger partial charge is 0.226 e. The first kappa shape index (κ1) is 21.5. The minimum atomic E-state index is -0.0846. The lowest BCUT2D eigenvalue weighted by Gasteiger charge is -2.22. The van der Waals surface area contributed by atoms with Gasteiger partial charge < -0.3 is 15.0 Å². The Morgan fingerprint density at radius 1 is 1.04 bits per heavy atom. The molecule has 150 valence electrons. The van der Waals surface area contributed by atoms with Crippen molar-refractivity contribution < 1.29 is 14.3 Å². The number of benzene rings is 2. The first-order chi connectivity index (χ1) is 13.3. The van der Waals surface area contributed by atoms with E-state index in [1.165, 1.54) is 12.5 Å². The minimum absolute atomic E-state index is 0.0367. The highest BCUT2D eigenvalue weighted by molar-refractivity contribution is 5.92. The Labute approximate surface area is 167 Å². The van der Waals surface area contributed by atoms with Crippen LogP contribution in [0.5, 0.6) is 5.75 Å². The van der Waals surface area contributed by atoms with Gasteiger partial charge in [0, 0.05) is 32.1 Å². The second kappa shape index (κ2) is 9.93. The molecule has 0 heterocycles. The number of amides is 2. The van der Waals surface area contributed by atoms with Crippen LogP contribution in [0.3, 0.4) is 0 Å². The Bertz CT molecular complexity index is 822. The fourth-order valence-electron chi connectivity index (χ4n) is 3.41. The van der Waals surface area contributed by atoms with Gasteiger partial charge in [-0.05, 0) is 49.9 Å². The molecule has 0 atom stereocenters. The van der Waals surface area contributed by atoms with Crippen molar-refractivity contribution in [3.8, 4) is 5.75 Å². The Balaban J connectivity index is 1.94. The maximum absolute atomic E-state index is 12.4. The summed E-state index contributed by atoms with van der Waals surface area (Å²) in [6.07, 6.45) is 0.944. The van der Waals surface area contributed by atoms with E-state index in [1.807, 2.05) is 45.0 Å². The number of nitrogens with zero attached hydrogens (tertiary/aromatic N) is 1. The van der Waals surface area contributed by atoms with Gasteiger partial charge in [0.05, 0.1) is 7.11 Å². The lowest BCUT2D eigenvalue weighted by Crippen LogP contribution is -2.34. The summed E-state index contributed by atoms with van der Waals surface area (Å²) in [6.45, 7) is 8.49. The summed E-state index contributed by atoms with van der Waals surface area (Å²) >= 11 is 0. The van der Waals surface area contributed by atoms with Gasteiger partial charge in [-0.25, -0.2) is 0 Å². The summed E-state index contributed by atoms with van der Waals surface area (Å²) in [4.78, 5) is 26.1. The summed E-state index contributed by atoms with van der Waals surface area (Å²) in [7, 11) is 1.64. The van der Waals surface area contributed by atoms with E-state index in [2.05, 4.69) is 17.4 Å². The number of para-hydroxylation sites is 1. The van der Waals surface area contributed by atoms with Crippen molar-refractivity contribution in [2.75, 3.05) is 25.5 Å². The van der Waals surface area contributed by atoms with Gasteiger partial charge in [0.1, 0.15) is 5.75 Å². The molecule has 0 aromatic heterocycles. The van der Waals surface area contributed by atoms with E-state index in [0.717, 1.165) is 28.1 Å². The third-order valence-electron chi connectivity index (χ3n) is 4.84. The van der Waals surface area contributed by atoms with Crippen molar-refractivity contribution in [1.29, 1.82) is 0 Å². The predicted octanol–water partition coefficient (Wildman–Crippen LogP) is 4.04. The minimum Gasteiger partial charge on any atom is -0.496 e. The Hall–Kier alpha value is -2.82. The van der Waals surface area contributed by atoms with Gasteiger partial charge in [-0.2, -0.15) is 0 Å². The van der Waals surface area contributed by atoms with Crippen molar-refractivity contribution in [2.24, 2.45) is 0 Å². The number of rotatable bonds is 8. The number of nitrogens with one attached hydrogen (secondary N) is 1. The number of methoxy groups -OCH3 is 1. The third-order valence-corrected chi connectivity index (χ3v) is 4.84. The molecule has 2 amide bonds. The summed E-state index contributed by atoms with van der Waals surface area (Å²) in [5.74, 6) is 0.693. The molecule has 0 saturated carbocycles. The Morgan fingerprint density at radius 2 is 1.68 bits per heavy atom. The average Bonchev–Trinajstić information content (AvgIpc) is 2.64. The highest BCUT2D eigenvalue weighted by Gasteiger charge is 2.14. The molecule has 0 fully saturated rings. The maximum Gasteiger partial charge on any atom is 0.226 e. The van der Waals surface area contributed by atoms with E-state index in [1.54, 1.807) is 12.0 Å². The second-order valence-electron chi connectivity index (χ2n) is 7.14. The number of hydrogen-bond donors (Lipinski definition) is 1. The molecule has 0 radical (unpaired) electrons. The molecule has 0 unspecified atom stereocenters. The molecule has 0 saturated heterocycles. The monoisotopic (exact) mass is 382 g/mol. The first-order valence-corrected chi connectivity index (χ1v) is 9.57. The summed E-state index contributed by atoms with van der Waals surface area (Å²) < 4.78 is 5.37. The van der Waals surface area contributed by atoms with Crippen LogP contribution in [0.25, 0.3) is 0 Å². The Morgan fingerprint density at radius 3 is 2.29 bits per heavy atom. The van der Waals surface area contributed by atoms with E-state index in [0.29, 0.717) is 19.5 Å². The molecule has 2 aromatic carbocycles. The lowest BCUT2D eigenvalue weighted by atomic mass is 10.0. The zero-order chi connectivity index (χ0) is 20.7. The molecule has 0 aliphatic heterocycles. The van der Waals surface area contributed by atoms with Gasteiger partial charge in [0.2, 0.25) is 11.8 Å².